The maximum absolute atomic E-state index is 12.5. The number of amides is 4. The van der Waals surface area contributed by atoms with E-state index in [0.29, 0.717) is 32.6 Å². The van der Waals surface area contributed by atoms with Gasteiger partial charge in [-0.1, -0.05) is 6.92 Å². The molecule has 0 radical (unpaired) electrons. The number of nitrogens with one attached hydrogen (secondary N) is 1. The summed E-state index contributed by atoms with van der Waals surface area (Å²) in [5.74, 6) is -0.421. The van der Waals surface area contributed by atoms with Crippen molar-refractivity contribution in [3.8, 4) is 0 Å². The highest BCUT2D eigenvalue weighted by atomic mass is 16.2. The summed E-state index contributed by atoms with van der Waals surface area (Å²) in [6.07, 6.45) is 0.715. The van der Waals surface area contributed by atoms with Crippen molar-refractivity contribution >= 4 is 17.8 Å². The number of nitrogens with zero attached hydrogens (tertiary/aromatic N) is 4. The highest BCUT2D eigenvalue weighted by molar-refractivity contribution is 6.05. The zero-order valence-corrected chi connectivity index (χ0v) is 13.4. The molecule has 0 bridgehead atoms. The molecule has 124 valence electrons. The van der Waals surface area contributed by atoms with E-state index in [4.69, 9.17) is 0 Å². The predicted octanol–water partition coefficient (Wildman–Crippen LogP) is 0.254. The second kappa shape index (κ2) is 6.02. The molecule has 1 saturated heterocycles. The number of fused-ring (bicyclic) bond motifs is 1. The van der Waals surface area contributed by atoms with Gasteiger partial charge in [0.05, 0.1) is 30.9 Å². The van der Waals surface area contributed by atoms with Crippen molar-refractivity contribution in [2.45, 2.75) is 45.8 Å². The fourth-order valence-electron chi connectivity index (χ4n) is 3.08. The Bertz CT molecular complexity index is 654. The molecule has 3 heterocycles. The monoisotopic (exact) mass is 319 g/mol. The van der Waals surface area contributed by atoms with E-state index in [2.05, 4.69) is 10.4 Å². The van der Waals surface area contributed by atoms with Gasteiger partial charge >= 0.3 is 6.03 Å². The fraction of sp³-hybridized carbons (Fsp3) is 0.600. The molecule has 8 nitrogen and oxygen atoms in total. The van der Waals surface area contributed by atoms with E-state index >= 15 is 0 Å². The Kier molecular flexibility index (Phi) is 4.06. The van der Waals surface area contributed by atoms with Crippen molar-refractivity contribution in [3.05, 3.63) is 17.5 Å². The van der Waals surface area contributed by atoms with Gasteiger partial charge in [0, 0.05) is 13.1 Å². The van der Waals surface area contributed by atoms with E-state index < -0.39 is 12.1 Å². The SMILES string of the molecule is CCCN1C(=O)N[C@H](CC(=O)N2CCn3nc(C)cc3C2)C1=O. The number of aromatic nitrogens is 2. The standard InChI is InChI=1S/C15H21N5O3/c1-3-4-19-14(22)12(16-15(19)23)8-13(21)18-5-6-20-11(9-18)7-10(2)17-20/h7,12H,3-6,8-9H2,1-2H3,(H,16,23)/t12-/m1/s1. The summed E-state index contributed by atoms with van der Waals surface area (Å²) < 4.78 is 1.91. The van der Waals surface area contributed by atoms with E-state index in [1.54, 1.807) is 4.90 Å². The molecule has 0 spiro atoms. The van der Waals surface area contributed by atoms with E-state index in [9.17, 15) is 14.4 Å². The lowest BCUT2D eigenvalue weighted by atomic mass is 10.1. The van der Waals surface area contributed by atoms with Crippen LogP contribution in [0.15, 0.2) is 6.07 Å². The van der Waals surface area contributed by atoms with Crippen LogP contribution in [0.1, 0.15) is 31.2 Å². The molecule has 3 rings (SSSR count). The molecule has 0 aliphatic carbocycles. The third-order valence-electron chi connectivity index (χ3n) is 4.21. The van der Waals surface area contributed by atoms with Crippen molar-refractivity contribution in [2.24, 2.45) is 0 Å². The molecule has 1 aromatic heterocycles. The number of carbonyl (C=O) groups excluding carboxylic acids is 3. The van der Waals surface area contributed by atoms with Crippen molar-refractivity contribution in [1.29, 1.82) is 0 Å². The maximum Gasteiger partial charge on any atom is 0.324 e. The summed E-state index contributed by atoms with van der Waals surface area (Å²) in [5.41, 5.74) is 1.93. The second-order valence-electron chi connectivity index (χ2n) is 6.01. The Morgan fingerprint density at radius 3 is 2.91 bits per heavy atom. The molecule has 4 amide bonds. The average molecular weight is 319 g/mol. The number of hydrogen-bond donors (Lipinski definition) is 1. The first-order valence-corrected chi connectivity index (χ1v) is 7.92. The first-order valence-electron chi connectivity index (χ1n) is 7.92. The maximum atomic E-state index is 12.5. The molecule has 0 unspecified atom stereocenters. The van der Waals surface area contributed by atoms with Gasteiger partial charge in [0.1, 0.15) is 6.04 Å². The molecule has 23 heavy (non-hydrogen) atoms. The number of imide groups is 1. The van der Waals surface area contributed by atoms with E-state index in [1.807, 2.05) is 24.6 Å². The van der Waals surface area contributed by atoms with E-state index in [-0.39, 0.29) is 18.2 Å². The van der Waals surface area contributed by atoms with Gasteiger partial charge in [0.25, 0.3) is 5.91 Å². The van der Waals surface area contributed by atoms with Crippen LogP contribution in [0.2, 0.25) is 0 Å². The van der Waals surface area contributed by atoms with Crippen LogP contribution in [0.3, 0.4) is 0 Å². The lowest BCUT2D eigenvalue weighted by Gasteiger charge is -2.28. The van der Waals surface area contributed by atoms with Crippen LogP contribution >= 0.6 is 0 Å². The topological polar surface area (TPSA) is 87.5 Å². The highest BCUT2D eigenvalue weighted by Gasteiger charge is 2.39. The summed E-state index contributed by atoms with van der Waals surface area (Å²) in [7, 11) is 0. The first kappa shape index (κ1) is 15.5. The summed E-state index contributed by atoms with van der Waals surface area (Å²) in [6.45, 7) is 5.93. The summed E-state index contributed by atoms with van der Waals surface area (Å²) in [6, 6.07) is 0.822. The summed E-state index contributed by atoms with van der Waals surface area (Å²) in [4.78, 5) is 39.3. The number of aryl methyl sites for hydroxylation is 1. The van der Waals surface area contributed by atoms with Crippen LogP contribution in [0, 0.1) is 6.92 Å². The second-order valence-corrected chi connectivity index (χ2v) is 6.01. The van der Waals surface area contributed by atoms with E-state index in [0.717, 1.165) is 11.4 Å². The van der Waals surface area contributed by atoms with Gasteiger partial charge < -0.3 is 10.2 Å². The summed E-state index contributed by atoms with van der Waals surface area (Å²) in [5, 5.41) is 6.97. The van der Waals surface area contributed by atoms with Gasteiger partial charge in [0.15, 0.2) is 0 Å². The van der Waals surface area contributed by atoms with Crippen LogP contribution in [-0.4, -0.2) is 56.6 Å². The van der Waals surface area contributed by atoms with Gasteiger partial charge in [-0.05, 0) is 19.4 Å². The van der Waals surface area contributed by atoms with Gasteiger partial charge in [-0.2, -0.15) is 5.10 Å². The Morgan fingerprint density at radius 1 is 1.39 bits per heavy atom. The molecule has 2 aliphatic rings. The van der Waals surface area contributed by atoms with Crippen LogP contribution in [-0.2, 0) is 22.7 Å². The molecule has 1 atom stereocenters. The minimum Gasteiger partial charge on any atom is -0.335 e. The quantitative estimate of drug-likeness (QED) is 0.806. The van der Waals surface area contributed by atoms with Crippen LogP contribution < -0.4 is 5.32 Å². The van der Waals surface area contributed by atoms with Crippen molar-refractivity contribution in [3.63, 3.8) is 0 Å². The Balaban J connectivity index is 1.62. The smallest absolute Gasteiger partial charge is 0.324 e. The van der Waals surface area contributed by atoms with Gasteiger partial charge in [-0.3, -0.25) is 19.2 Å². The van der Waals surface area contributed by atoms with Gasteiger partial charge in [0.2, 0.25) is 5.91 Å². The lowest BCUT2D eigenvalue weighted by molar-refractivity contribution is -0.136. The molecule has 1 aromatic rings. The van der Waals surface area contributed by atoms with Gasteiger partial charge in [-0.15, -0.1) is 0 Å². The third-order valence-corrected chi connectivity index (χ3v) is 4.21. The first-order chi connectivity index (χ1) is 11.0. The lowest BCUT2D eigenvalue weighted by Crippen LogP contribution is -2.42. The van der Waals surface area contributed by atoms with Crippen molar-refractivity contribution in [1.82, 2.24) is 24.9 Å². The molecular formula is C15H21N5O3. The van der Waals surface area contributed by atoms with Gasteiger partial charge in [-0.25, -0.2) is 4.79 Å². The zero-order chi connectivity index (χ0) is 16.6. The van der Waals surface area contributed by atoms with Crippen LogP contribution in [0.5, 0.6) is 0 Å². The Hall–Kier alpha value is -2.38. The normalized spacial score (nSPS) is 20.7. The highest BCUT2D eigenvalue weighted by Crippen LogP contribution is 2.16. The number of hydrogen-bond acceptors (Lipinski definition) is 4. The number of rotatable bonds is 4. The Morgan fingerprint density at radius 2 is 2.17 bits per heavy atom. The molecule has 2 aliphatic heterocycles. The number of urea groups is 1. The zero-order valence-electron chi connectivity index (χ0n) is 13.4. The van der Waals surface area contributed by atoms with Crippen molar-refractivity contribution < 1.29 is 14.4 Å². The Labute approximate surface area is 134 Å². The number of carbonyl (C=O) groups is 3. The minimum atomic E-state index is -0.741. The van der Waals surface area contributed by atoms with Crippen molar-refractivity contribution in [2.75, 3.05) is 13.1 Å². The van der Waals surface area contributed by atoms with Crippen LogP contribution in [0.4, 0.5) is 4.79 Å². The molecule has 1 N–H and O–H groups in total. The predicted molar refractivity (Wildman–Crippen MR) is 81.3 cm³/mol. The van der Waals surface area contributed by atoms with Crippen LogP contribution in [0.25, 0.3) is 0 Å². The van der Waals surface area contributed by atoms with E-state index in [1.165, 1.54) is 4.90 Å². The fourth-order valence-corrected chi connectivity index (χ4v) is 3.08. The molecule has 1 fully saturated rings. The molecule has 0 aromatic carbocycles. The third kappa shape index (κ3) is 2.93. The molecular weight excluding hydrogens is 298 g/mol. The average Bonchev–Trinajstić information content (AvgIpc) is 3.00. The molecule has 0 saturated carbocycles. The summed E-state index contributed by atoms with van der Waals surface area (Å²) >= 11 is 0. The largest absolute Gasteiger partial charge is 0.335 e. The molecule has 8 heteroatoms. The minimum absolute atomic E-state index is 0.0118.